The Bertz CT molecular complexity index is 1180. The second-order valence-electron chi connectivity index (χ2n) is 10.4. The number of amides is 2. The van der Waals surface area contributed by atoms with Gasteiger partial charge in [-0.3, -0.25) is 19.8 Å². The highest BCUT2D eigenvalue weighted by molar-refractivity contribution is 5.94. The molecule has 1 N–H and O–H groups in total. The van der Waals surface area contributed by atoms with Gasteiger partial charge in [-0.1, -0.05) is 50.2 Å². The summed E-state index contributed by atoms with van der Waals surface area (Å²) in [5.41, 5.74) is 2.04. The Morgan fingerprint density at radius 2 is 1.86 bits per heavy atom. The fourth-order valence-electron chi connectivity index (χ4n) is 4.41. The second kappa shape index (κ2) is 11.6. The first kappa shape index (κ1) is 27.9. The van der Waals surface area contributed by atoms with Crippen LogP contribution in [0.3, 0.4) is 0 Å². The smallest absolute Gasteiger partial charge is 0.410 e. The number of nitrogens with zero attached hydrogens (tertiary/aromatic N) is 3. The lowest BCUT2D eigenvalue weighted by Crippen LogP contribution is -2.58. The number of aliphatic hydroxyl groups is 1. The lowest BCUT2D eigenvalue weighted by molar-refractivity contribution is -0.384. The summed E-state index contributed by atoms with van der Waals surface area (Å²) >= 11 is 0. The SMILES string of the molecule is CC(C)c1ccccc1-c1c(/C=C/C(=O)N2CCN(C(=O)OC(C)(C)C)C(CO)C2)cccc1[N+](=O)[O-]. The van der Waals surface area contributed by atoms with Crippen LogP contribution in [0.4, 0.5) is 10.5 Å². The van der Waals surface area contributed by atoms with E-state index in [0.717, 1.165) is 11.1 Å². The van der Waals surface area contributed by atoms with Crippen molar-refractivity contribution in [1.29, 1.82) is 0 Å². The molecule has 0 bridgehead atoms. The van der Waals surface area contributed by atoms with E-state index in [4.69, 9.17) is 4.74 Å². The number of piperazine rings is 1. The maximum Gasteiger partial charge on any atom is 0.410 e. The summed E-state index contributed by atoms with van der Waals surface area (Å²) in [5.74, 6) is -0.164. The van der Waals surface area contributed by atoms with Crippen LogP contribution in [-0.4, -0.2) is 69.7 Å². The van der Waals surface area contributed by atoms with Gasteiger partial charge in [0.15, 0.2) is 0 Å². The molecule has 0 aromatic heterocycles. The number of rotatable bonds is 6. The number of carbonyl (C=O) groups excluding carboxylic acids is 2. The van der Waals surface area contributed by atoms with Crippen LogP contribution < -0.4 is 0 Å². The van der Waals surface area contributed by atoms with Crippen molar-refractivity contribution in [1.82, 2.24) is 9.80 Å². The minimum atomic E-state index is -0.670. The summed E-state index contributed by atoms with van der Waals surface area (Å²) in [7, 11) is 0. The van der Waals surface area contributed by atoms with E-state index in [-0.39, 0.29) is 43.8 Å². The molecular formula is C28H35N3O6. The summed E-state index contributed by atoms with van der Waals surface area (Å²) < 4.78 is 5.43. The van der Waals surface area contributed by atoms with Crippen LogP contribution in [0, 0.1) is 10.1 Å². The molecule has 1 aliphatic heterocycles. The van der Waals surface area contributed by atoms with Crippen LogP contribution in [0.2, 0.25) is 0 Å². The van der Waals surface area contributed by atoms with Gasteiger partial charge in [-0.2, -0.15) is 0 Å². The van der Waals surface area contributed by atoms with E-state index >= 15 is 0 Å². The molecule has 2 aromatic carbocycles. The molecule has 2 aromatic rings. The van der Waals surface area contributed by atoms with E-state index in [0.29, 0.717) is 11.1 Å². The monoisotopic (exact) mass is 509 g/mol. The number of hydrogen-bond donors (Lipinski definition) is 1. The Morgan fingerprint density at radius 3 is 2.49 bits per heavy atom. The fourth-order valence-corrected chi connectivity index (χ4v) is 4.41. The molecule has 9 heteroatoms. The fraction of sp³-hybridized carbons (Fsp3) is 0.429. The van der Waals surface area contributed by atoms with Crippen molar-refractivity contribution < 1.29 is 24.4 Å². The zero-order valence-electron chi connectivity index (χ0n) is 22.0. The lowest BCUT2D eigenvalue weighted by atomic mass is 9.89. The Morgan fingerprint density at radius 1 is 1.16 bits per heavy atom. The summed E-state index contributed by atoms with van der Waals surface area (Å²) in [4.78, 5) is 40.1. The predicted molar refractivity (Wildman–Crippen MR) is 142 cm³/mol. The average molecular weight is 510 g/mol. The summed E-state index contributed by atoms with van der Waals surface area (Å²) in [6, 6.07) is 11.8. The highest BCUT2D eigenvalue weighted by atomic mass is 16.6. The van der Waals surface area contributed by atoms with Gasteiger partial charge in [0, 0.05) is 31.8 Å². The van der Waals surface area contributed by atoms with Crippen molar-refractivity contribution >= 4 is 23.8 Å². The first-order valence-corrected chi connectivity index (χ1v) is 12.4. The van der Waals surface area contributed by atoms with Crippen LogP contribution in [0.15, 0.2) is 48.5 Å². The third-order valence-electron chi connectivity index (χ3n) is 6.16. The Labute approximate surface area is 217 Å². The molecule has 1 aliphatic rings. The van der Waals surface area contributed by atoms with Crippen LogP contribution >= 0.6 is 0 Å². The molecule has 198 valence electrons. The van der Waals surface area contributed by atoms with Gasteiger partial charge in [0.2, 0.25) is 5.91 Å². The maximum atomic E-state index is 13.1. The molecule has 0 spiro atoms. The van der Waals surface area contributed by atoms with E-state index in [1.165, 1.54) is 17.0 Å². The molecular weight excluding hydrogens is 474 g/mol. The number of aliphatic hydroxyl groups excluding tert-OH is 1. The van der Waals surface area contributed by atoms with Crippen molar-refractivity contribution in [3.63, 3.8) is 0 Å². The molecule has 1 unspecified atom stereocenters. The van der Waals surface area contributed by atoms with Gasteiger partial charge < -0.3 is 14.7 Å². The first-order valence-electron chi connectivity index (χ1n) is 12.4. The summed E-state index contributed by atoms with van der Waals surface area (Å²) in [6.45, 7) is 9.70. The lowest BCUT2D eigenvalue weighted by Gasteiger charge is -2.40. The molecule has 1 fully saturated rings. The average Bonchev–Trinajstić information content (AvgIpc) is 2.85. The summed E-state index contributed by atoms with van der Waals surface area (Å²) in [5, 5.41) is 21.8. The minimum absolute atomic E-state index is 0.0333. The minimum Gasteiger partial charge on any atom is -0.444 e. The Balaban J connectivity index is 1.87. The summed E-state index contributed by atoms with van der Waals surface area (Å²) in [6.07, 6.45) is 2.45. The largest absolute Gasteiger partial charge is 0.444 e. The van der Waals surface area contributed by atoms with E-state index in [1.54, 1.807) is 43.9 Å². The van der Waals surface area contributed by atoms with Gasteiger partial charge >= 0.3 is 6.09 Å². The number of carbonyl (C=O) groups is 2. The third kappa shape index (κ3) is 6.74. The maximum absolute atomic E-state index is 13.1. The van der Waals surface area contributed by atoms with Gasteiger partial charge in [0.25, 0.3) is 5.69 Å². The molecule has 1 atom stereocenters. The zero-order valence-corrected chi connectivity index (χ0v) is 22.0. The predicted octanol–water partition coefficient (Wildman–Crippen LogP) is 4.84. The molecule has 9 nitrogen and oxygen atoms in total. The number of benzene rings is 2. The molecule has 0 saturated carbocycles. The quantitative estimate of drug-likeness (QED) is 0.339. The van der Waals surface area contributed by atoms with Crippen molar-refractivity contribution in [3.05, 3.63) is 69.8 Å². The molecule has 0 radical (unpaired) electrons. The van der Waals surface area contributed by atoms with Crippen molar-refractivity contribution in [2.24, 2.45) is 0 Å². The van der Waals surface area contributed by atoms with Gasteiger partial charge in [0.1, 0.15) is 5.60 Å². The van der Waals surface area contributed by atoms with Crippen molar-refractivity contribution in [3.8, 4) is 11.1 Å². The van der Waals surface area contributed by atoms with Crippen LogP contribution in [0.25, 0.3) is 17.2 Å². The number of ether oxygens (including phenoxy) is 1. The van der Waals surface area contributed by atoms with Crippen LogP contribution in [0.5, 0.6) is 0 Å². The normalized spacial score (nSPS) is 16.4. The van der Waals surface area contributed by atoms with E-state index in [2.05, 4.69) is 0 Å². The molecule has 1 saturated heterocycles. The Kier molecular flexibility index (Phi) is 8.70. The van der Waals surface area contributed by atoms with Crippen molar-refractivity contribution in [2.75, 3.05) is 26.2 Å². The molecule has 3 rings (SSSR count). The highest BCUT2D eigenvalue weighted by Gasteiger charge is 2.34. The van der Waals surface area contributed by atoms with Gasteiger partial charge in [-0.15, -0.1) is 0 Å². The van der Waals surface area contributed by atoms with E-state index < -0.39 is 22.7 Å². The van der Waals surface area contributed by atoms with Gasteiger partial charge in [-0.25, -0.2) is 4.79 Å². The molecule has 37 heavy (non-hydrogen) atoms. The van der Waals surface area contributed by atoms with E-state index in [9.17, 15) is 24.8 Å². The standard InChI is InChI=1S/C28H35N3O6/c1-19(2)22-10-6-7-11-23(22)26-20(9-8-12-24(26)31(35)36)13-14-25(33)29-15-16-30(21(17-29)18-32)27(34)37-28(3,4)5/h6-14,19,21,32H,15-18H2,1-5H3/b14-13+. The molecule has 2 amide bonds. The van der Waals surface area contributed by atoms with Crippen molar-refractivity contribution in [2.45, 2.75) is 52.2 Å². The number of nitro groups is 1. The first-order chi connectivity index (χ1) is 17.4. The van der Waals surface area contributed by atoms with Crippen LogP contribution in [-0.2, 0) is 9.53 Å². The molecule has 1 heterocycles. The second-order valence-corrected chi connectivity index (χ2v) is 10.4. The zero-order chi connectivity index (χ0) is 27.3. The number of hydrogen-bond acceptors (Lipinski definition) is 6. The van der Waals surface area contributed by atoms with Gasteiger partial charge in [0.05, 0.1) is 23.1 Å². The molecule has 0 aliphatic carbocycles. The third-order valence-corrected chi connectivity index (χ3v) is 6.16. The van der Waals surface area contributed by atoms with E-state index in [1.807, 2.05) is 38.1 Å². The number of nitro benzene ring substituents is 1. The topological polar surface area (TPSA) is 113 Å². The highest BCUT2D eigenvalue weighted by Crippen LogP contribution is 2.38. The Hall–Kier alpha value is -3.72. The van der Waals surface area contributed by atoms with Crippen LogP contribution in [0.1, 0.15) is 51.7 Å². The van der Waals surface area contributed by atoms with Gasteiger partial charge in [-0.05, 0) is 49.5 Å².